The molecule has 19 heavy (non-hydrogen) atoms. The number of hydrogen-bond acceptors (Lipinski definition) is 4. The Labute approximate surface area is 111 Å². The molecule has 0 unspecified atom stereocenters. The van der Waals surface area contributed by atoms with E-state index in [0.29, 0.717) is 11.8 Å². The molecule has 0 atom stereocenters. The summed E-state index contributed by atoms with van der Waals surface area (Å²) in [5, 5.41) is 9.64. The van der Waals surface area contributed by atoms with Crippen molar-refractivity contribution in [2.45, 2.75) is 6.61 Å². The van der Waals surface area contributed by atoms with E-state index in [2.05, 4.69) is 0 Å². The number of ether oxygens (including phenoxy) is 2. The lowest BCUT2D eigenvalue weighted by molar-refractivity contribution is 0.112. The molecule has 0 aliphatic carbocycles. The summed E-state index contributed by atoms with van der Waals surface area (Å²) in [5.41, 5.74) is 1.37. The largest absolute Gasteiger partial charge is 0.504 e. The molecule has 0 saturated heterocycles. The van der Waals surface area contributed by atoms with Crippen molar-refractivity contribution in [3.63, 3.8) is 0 Å². The highest BCUT2D eigenvalue weighted by Gasteiger charge is 2.04. The normalized spacial score (nSPS) is 9.95. The molecule has 0 spiro atoms. The molecule has 98 valence electrons. The van der Waals surface area contributed by atoms with Crippen molar-refractivity contribution in [1.29, 1.82) is 0 Å². The van der Waals surface area contributed by atoms with E-state index in [0.717, 1.165) is 11.3 Å². The zero-order valence-electron chi connectivity index (χ0n) is 10.5. The Morgan fingerprint density at radius 3 is 2.79 bits per heavy atom. The lowest BCUT2D eigenvalue weighted by Gasteiger charge is -2.09. The molecule has 0 amide bonds. The van der Waals surface area contributed by atoms with Crippen molar-refractivity contribution in [2.75, 3.05) is 7.11 Å². The van der Waals surface area contributed by atoms with Crippen molar-refractivity contribution in [3.05, 3.63) is 53.6 Å². The summed E-state index contributed by atoms with van der Waals surface area (Å²) in [6.07, 6.45) is 0.706. The molecular formula is C15H14O4. The maximum Gasteiger partial charge on any atom is 0.162 e. The fourth-order valence-electron chi connectivity index (χ4n) is 1.64. The van der Waals surface area contributed by atoms with E-state index in [1.807, 2.05) is 24.3 Å². The molecule has 2 rings (SSSR count). The second-order valence-electron chi connectivity index (χ2n) is 3.99. The van der Waals surface area contributed by atoms with Gasteiger partial charge in [0.2, 0.25) is 0 Å². The van der Waals surface area contributed by atoms with Crippen LogP contribution in [-0.2, 0) is 6.61 Å². The molecule has 0 aliphatic rings. The van der Waals surface area contributed by atoms with Gasteiger partial charge in [-0.2, -0.15) is 0 Å². The van der Waals surface area contributed by atoms with Crippen LogP contribution in [0.25, 0.3) is 0 Å². The van der Waals surface area contributed by atoms with Crippen molar-refractivity contribution in [3.8, 4) is 17.2 Å². The minimum absolute atomic E-state index is 0.00787. The van der Waals surface area contributed by atoms with Gasteiger partial charge in [0.05, 0.1) is 7.11 Å². The van der Waals surface area contributed by atoms with Gasteiger partial charge in [0.15, 0.2) is 11.5 Å². The van der Waals surface area contributed by atoms with E-state index in [1.54, 1.807) is 7.11 Å². The first-order chi connectivity index (χ1) is 9.22. The van der Waals surface area contributed by atoms with Gasteiger partial charge in [0.25, 0.3) is 0 Å². The fourth-order valence-corrected chi connectivity index (χ4v) is 1.64. The molecule has 4 heteroatoms. The van der Waals surface area contributed by atoms with E-state index >= 15 is 0 Å². The van der Waals surface area contributed by atoms with Crippen LogP contribution in [0.1, 0.15) is 15.9 Å². The Morgan fingerprint density at radius 2 is 2.05 bits per heavy atom. The number of methoxy groups -OCH3 is 1. The van der Waals surface area contributed by atoms with Crippen LogP contribution in [0.2, 0.25) is 0 Å². The predicted molar refractivity (Wildman–Crippen MR) is 70.8 cm³/mol. The fraction of sp³-hybridized carbons (Fsp3) is 0.133. The van der Waals surface area contributed by atoms with Crippen LogP contribution in [0.4, 0.5) is 0 Å². The number of phenols is 1. The van der Waals surface area contributed by atoms with Crippen LogP contribution in [0.3, 0.4) is 0 Å². The lowest BCUT2D eigenvalue weighted by Crippen LogP contribution is -1.97. The smallest absolute Gasteiger partial charge is 0.162 e. The number of aromatic hydroxyl groups is 1. The first-order valence-electron chi connectivity index (χ1n) is 5.77. The van der Waals surface area contributed by atoms with E-state index in [4.69, 9.17) is 9.47 Å². The standard InChI is InChI=1S/C15H14O4/c1-18-13-4-2-3-12(7-13)10-19-15-8-11(9-16)5-6-14(15)17/h2-9,17H,10H2,1H3. The highest BCUT2D eigenvalue weighted by molar-refractivity contribution is 5.76. The summed E-state index contributed by atoms with van der Waals surface area (Å²) in [6, 6.07) is 11.9. The van der Waals surface area contributed by atoms with E-state index in [1.165, 1.54) is 18.2 Å². The van der Waals surface area contributed by atoms with Gasteiger partial charge in [-0.15, -0.1) is 0 Å². The third-order valence-corrected chi connectivity index (χ3v) is 2.65. The number of rotatable bonds is 5. The van der Waals surface area contributed by atoms with Crippen LogP contribution in [0.5, 0.6) is 17.2 Å². The summed E-state index contributed by atoms with van der Waals surface area (Å²) >= 11 is 0. The molecule has 0 heterocycles. The van der Waals surface area contributed by atoms with E-state index in [-0.39, 0.29) is 18.1 Å². The summed E-state index contributed by atoms with van der Waals surface area (Å²) < 4.78 is 10.6. The van der Waals surface area contributed by atoms with Crippen LogP contribution in [0.15, 0.2) is 42.5 Å². The molecule has 0 fully saturated rings. The minimum Gasteiger partial charge on any atom is -0.504 e. The van der Waals surface area contributed by atoms with Crippen molar-refractivity contribution >= 4 is 6.29 Å². The highest BCUT2D eigenvalue weighted by atomic mass is 16.5. The van der Waals surface area contributed by atoms with Crippen LogP contribution < -0.4 is 9.47 Å². The van der Waals surface area contributed by atoms with Gasteiger partial charge in [-0.25, -0.2) is 0 Å². The minimum atomic E-state index is 0.00787. The predicted octanol–water partition coefficient (Wildman–Crippen LogP) is 2.79. The molecule has 1 N–H and O–H groups in total. The van der Waals surface area contributed by atoms with Gasteiger partial charge in [-0.05, 0) is 35.9 Å². The topological polar surface area (TPSA) is 55.8 Å². The number of aldehydes is 1. The van der Waals surface area contributed by atoms with Gasteiger partial charge in [-0.1, -0.05) is 12.1 Å². The lowest BCUT2D eigenvalue weighted by atomic mass is 10.2. The SMILES string of the molecule is COc1cccc(COc2cc(C=O)ccc2O)c1. The maximum absolute atomic E-state index is 10.7. The number of phenolic OH excluding ortho intramolecular Hbond substituents is 1. The number of carbonyl (C=O) groups is 1. The number of carbonyl (C=O) groups excluding carboxylic acids is 1. The zero-order chi connectivity index (χ0) is 13.7. The molecule has 0 bridgehead atoms. The van der Waals surface area contributed by atoms with Crippen LogP contribution in [0, 0.1) is 0 Å². The number of hydrogen-bond donors (Lipinski definition) is 1. The second-order valence-corrected chi connectivity index (χ2v) is 3.99. The third kappa shape index (κ3) is 3.25. The molecule has 0 aliphatic heterocycles. The molecule has 0 saturated carbocycles. The Morgan fingerprint density at radius 1 is 1.21 bits per heavy atom. The van der Waals surface area contributed by atoms with Crippen molar-refractivity contribution in [2.24, 2.45) is 0 Å². The van der Waals surface area contributed by atoms with Gasteiger partial charge < -0.3 is 14.6 Å². The van der Waals surface area contributed by atoms with Gasteiger partial charge in [0.1, 0.15) is 18.6 Å². The maximum atomic E-state index is 10.7. The van der Waals surface area contributed by atoms with Crippen LogP contribution in [-0.4, -0.2) is 18.5 Å². The first kappa shape index (κ1) is 13.0. The Hall–Kier alpha value is -2.49. The summed E-state index contributed by atoms with van der Waals surface area (Å²) in [6.45, 7) is 0.285. The van der Waals surface area contributed by atoms with Crippen molar-refractivity contribution in [1.82, 2.24) is 0 Å². The summed E-state index contributed by atoms with van der Waals surface area (Å²) in [4.78, 5) is 10.7. The van der Waals surface area contributed by atoms with Gasteiger partial charge >= 0.3 is 0 Å². The Kier molecular flexibility index (Phi) is 4.03. The molecule has 0 radical (unpaired) electrons. The molecule has 2 aromatic rings. The van der Waals surface area contributed by atoms with Crippen molar-refractivity contribution < 1.29 is 19.4 Å². The van der Waals surface area contributed by atoms with Crippen LogP contribution >= 0.6 is 0 Å². The summed E-state index contributed by atoms with van der Waals surface area (Å²) in [5.74, 6) is 1.04. The number of benzene rings is 2. The second kappa shape index (κ2) is 5.91. The molecule has 4 nitrogen and oxygen atoms in total. The zero-order valence-corrected chi connectivity index (χ0v) is 10.5. The molecule has 0 aromatic heterocycles. The third-order valence-electron chi connectivity index (χ3n) is 2.65. The molecular weight excluding hydrogens is 244 g/mol. The average molecular weight is 258 g/mol. The molecule has 2 aromatic carbocycles. The first-order valence-corrected chi connectivity index (χ1v) is 5.77. The monoisotopic (exact) mass is 258 g/mol. The van der Waals surface area contributed by atoms with Gasteiger partial charge in [-0.3, -0.25) is 4.79 Å². The quantitative estimate of drug-likeness (QED) is 0.838. The van der Waals surface area contributed by atoms with Gasteiger partial charge in [0, 0.05) is 5.56 Å². The van der Waals surface area contributed by atoms with E-state index in [9.17, 15) is 9.90 Å². The highest BCUT2D eigenvalue weighted by Crippen LogP contribution is 2.27. The average Bonchev–Trinajstić information content (AvgIpc) is 2.46. The van der Waals surface area contributed by atoms with E-state index < -0.39 is 0 Å². The Bertz CT molecular complexity index is 578. The summed E-state index contributed by atoms with van der Waals surface area (Å²) in [7, 11) is 1.60. The Balaban J connectivity index is 2.11.